The molecule has 1 unspecified atom stereocenters. The molecule has 4 rings (SSSR count). The van der Waals surface area contributed by atoms with Gasteiger partial charge in [0.05, 0.1) is 23.3 Å². The normalized spacial score (nSPS) is 12.1. The van der Waals surface area contributed by atoms with E-state index in [1.165, 1.54) is 12.1 Å². The molecule has 0 radical (unpaired) electrons. The Morgan fingerprint density at radius 3 is 2.55 bits per heavy atom. The van der Waals surface area contributed by atoms with E-state index in [4.69, 9.17) is 4.98 Å². The number of imidazole rings is 1. The second-order valence-electron chi connectivity index (χ2n) is 7.84. The highest BCUT2D eigenvalue weighted by Gasteiger charge is 2.22. The molecule has 0 spiro atoms. The van der Waals surface area contributed by atoms with E-state index in [-0.39, 0.29) is 11.7 Å². The van der Waals surface area contributed by atoms with Crippen molar-refractivity contribution < 1.29 is 9.18 Å². The van der Waals surface area contributed by atoms with Crippen LogP contribution in [-0.2, 0) is 17.8 Å². The lowest BCUT2D eigenvalue weighted by Gasteiger charge is -2.18. The molecule has 0 aliphatic rings. The van der Waals surface area contributed by atoms with Crippen molar-refractivity contribution in [1.29, 1.82) is 0 Å². The first-order valence-corrected chi connectivity index (χ1v) is 10.3. The lowest BCUT2D eigenvalue weighted by Crippen LogP contribution is -2.31. The zero-order chi connectivity index (χ0) is 22.0. The van der Waals surface area contributed by atoms with Gasteiger partial charge in [0, 0.05) is 12.6 Å². The van der Waals surface area contributed by atoms with Crippen molar-refractivity contribution in [3.63, 3.8) is 0 Å². The Morgan fingerprint density at radius 2 is 1.84 bits per heavy atom. The number of rotatable bonds is 6. The molecule has 1 amide bonds. The fourth-order valence-corrected chi connectivity index (χ4v) is 3.69. The van der Waals surface area contributed by atoms with Crippen LogP contribution in [0.3, 0.4) is 0 Å². The quantitative estimate of drug-likeness (QED) is 0.498. The molecule has 0 saturated heterocycles. The van der Waals surface area contributed by atoms with E-state index in [1.807, 2.05) is 35.8 Å². The van der Waals surface area contributed by atoms with Crippen LogP contribution in [0.25, 0.3) is 11.0 Å². The summed E-state index contributed by atoms with van der Waals surface area (Å²) in [5.74, 6) is 0.390. The summed E-state index contributed by atoms with van der Waals surface area (Å²) in [6.07, 6.45) is 2.21. The standard InChI is InChI=1S/C25H25FN4O/c1-16-12-22-23(13-17(16)2)30(24(29-22)14-19-7-9-20(26)10-8-19)18(3)25(31)28-15-21-6-4-5-11-27-21/h4-13,18H,14-15H2,1-3H3,(H,28,31). The number of halogens is 1. The molecule has 0 aliphatic heterocycles. The van der Waals surface area contributed by atoms with Gasteiger partial charge in [-0.3, -0.25) is 9.78 Å². The zero-order valence-electron chi connectivity index (χ0n) is 17.9. The highest BCUT2D eigenvalue weighted by atomic mass is 19.1. The third kappa shape index (κ3) is 4.48. The van der Waals surface area contributed by atoms with Crippen LogP contribution in [0.4, 0.5) is 4.39 Å². The van der Waals surface area contributed by atoms with E-state index in [1.54, 1.807) is 18.3 Å². The fourth-order valence-electron chi connectivity index (χ4n) is 3.69. The van der Waals surface area contributed by atoms with Crippen LogP contribution in [-0.4, -0.2) is 20.4 Å². The minimum Gasteiger partial charge on any atom is -0.349 e. The Bertz CT molecular complexity index is 1220. The molecule has 0 bridgehead atoms. The maximum absolute atomic E-state index is 13.3. The first-order valence-electron chi connectivity index (χ1n) is 10.3. The van der Waals surface area contributed by atoms with Gasteiger partial charge in [-0.25, -0.2) is 9.37 Å². The molecule has 2 heterocycles. The number of aromatic nitrogens is 3. The van der Waals surface area contributed by atoms with Crippen LogP contribution in [0.15, 0.2) is 60.8 Å². The van der Waals surface area contributed by atoms with Gasteiger partial charge in [-0.2, -0.15) is 0 Å². The van der Waals surface area contributed by atoms with Gasteiger partial charge in [-0.15, -0.1) is 0 Å². The van der Waals surface area contributed by atoms with Gasteiger partial charge in [0.25, 0.3) is 0 Å². The number of nitrogens with zero attached hydrogens (tertiary/aromatic N) is 3. The van der Waals surface area contributed by atoms with Gasteiger partial charge >= 0.3 is 0 Å². The molecule has 0 aliphatic carbocycles. The van der Waals surface area contributed by atoms with Crippen LogP contribution < -0.4 is 5.32 Å². The summed E-state index contributed by atoms with van der Waals surface area (Å²) in [7, 11) is 0. The second-order valence-corrected chi connectivity index (χ2v) is 7.84. The van der Waals surface area contributed by atoms with Gasteiger partial charge in [-0.05, 0) is 73.9 Å². The van der Waals surface area contributed by atoms with Crippen LogP contribution in [0.5, 0.6) is 0 Å². The van der Waals surface area contributed by atoms with Crippen molar-refractivity contribution in [3.8, 4) is 0 Å². The van der Waals surface area contributed by atoms with Gasteiger partial charge in [-0.1, -0.05) is 18.2 Å². The van der Waals surface area contributed by atoms with Gasteiger partial charge in [0.1, 0.15) is 17.7 Å². The number of carbonyl (C=O) groups excluding carboxylic acids is 1. The lowest BCUT2D eigenvalue weighted by atomic mass is 10.1. The Morgan fingerprint density at radius 1 is 1.10 bits per heavy atom. The molecular weight excluding hydrogens is 391 g/mol. The molecule has 1 N–H and O–H groups in total. The summed E-state index contributed by atoms with van der Waals surface area (Å²) in [5.41, 5.74) is 5.80. The van der Waals surface area contributed by atoms with Gasteiger partial charge < -0.3 is 9.88 Å². The Balaban J connectivity index is 1.68. The number of hydrogen-bond donors (Lipinski definition) is 1. The summed E-state index contributed by atoms with van der Waals surface area (Å²) in [6.45, 7) is 6.34. The average molecular weight is 417 g/mol. The number of nitrogens with one attached hydrogen (secondary N) is 1. The third-order valence-corrected chi connectivity index (χ3v) is 5.59. The van der Waals surface area contributed by atoms with E-state index >= 15 is 0 Å². The predicted molar refractivity (Wildman–Crippen MR) is 119 cm³/mol. The summed E-state index contributed by atoms with van der Waals surface area (Å²) in [6, 6.07) is 15.7. The highest BCUT2D eigenvalue weighted by Crippen LogP contribution is 2.26. The Hall–Kier alpha value is -3.54. The average Bonchev–Trinajstić information content (AvgIpc) is 3.10. The van der Waals surface area contributed by atoms with E-state index < -0.39 is 6.04 Å². The smallest absolute Gasteiger partial charge is 0.243 e. The number of amides is 1. The molecular formula is C25H25FN4O. The number of benzene rings is 2. The van der Waals surface area contributed by atoms with Crippen molar-refractivity contribution in [2.24, 2.45) is 0 Å². The van der Waals surface area contributed by atoms with E-state index in [2.05, 4.69) is 30.2 Å². The topological polar surface area (TPSA) is 59.8 Å². The zero-order valence-corrected chi connectivity index (χ0v) is 17.9. The number of aryl methyl sites for hydroxylation is 2. The number of fused-ring (bicyclic) bond motifs is 1. The fraction of sp³-hybridized carbons (Fsp3) is 0.240. The predicted octanol–water partition coefficient (Wildman–Crippen LogP) is 4.66. The van der Waals surface area contributed by atoms with Crippen LogP contribution in [0.1, 0.15) is 41.2 Å². The monoisotopic (exact) mass is 416 g/mol. The van der Waals surface area contributed by atoms with Crippen LogP contribution in [0.2, 0.25) is 0 Å². The van der Waals surface area contributed by atoms with Crippen LogP contribution in [0, 0.1) is 19.7 Å². The minimum atomic E-state index is -0.466. The Labute approximate surface area is 181 Å². The summed E-state index contributed by atoms with van der Waals surface area (Å²) in [4.78, 5) is 22.1. The number of carbonyl (C=O) groups is 1. The van der Waals surface area contributed by atoms with Gasteiger partial charge in [0.2, 0.25) is 5.91 Å². The van der Waals surface area contributed by atoms with Crippen molar-refractivity contribution >= 4 is 16.9 Å². The highest BCUT2D eigenvalue weighted by molar-refractivity contribution is 5.84. The molecule has 0 fully saturated rings. The van der Waals surface area contributed by atoms with Crippen molar-refractivity contribution in [2.45, 2.75) is 39.8 Å². The maximum atomic E-state index is 13.3. The van der Waals surface area contributed by atoms with Gasteiger partial charge in [0.15, 0.2) is 0 Å². The Kier molecular flexibility index (Phi) is 5.80. The SMILES string of the molecule is Cc1cc2nc(Cc3ccc(F)cc3)n(C(C)C(=O)NCc3ccccn3)c2cc1C. The summed E-state index contributed by atoms with van der Waals surface area (Å²) in [5, 5.41) is 2.98. The molecule has 6 heteroatoms. The molecule has 2 aromatic carbocycles. The minimum absolute atomic E-state index is 0.108. The molecule has 1 atom stereocenters. The van der Waals surface area contributed by atoms with Crippen LogP contribution >= 0.6 is 0 Å². The largest absolute Gasteiger partial charge is 0.349 e. The molecule has 2 aromatic heterocycles. The second kappa shape index (κ2) is 8.68. The molecule has 158 valence electrons. The molecule has 0 saturated carbocycles. The molecule has 31 heavy (non-hydrogen) atoms. The van der Waals surface area contributed by atoms with E-state index in [0.717, 1.165) is 39.2 Å². The van der Waals surface area contributed by atoms with Crippen molar-refractivity contribution in [2.75, 3.05) is 0 Å². The number of hydrogen-bond acceptors (Lipinski definition) is 3. The summed E-state index contributed by atoms with van der Waals surface area (Å²) >= 11 is 0. The molecule has 5 nitrogen and oxygen atoms in total. The van der Waals surface area contributed by atoms with E-state index in [9.17, 15) is 9.18 Å². The first-order chi connectivity index (χ1) is 14.9. The number of pyridine rings is 1. The van der Waals surface area contributed by atoms with Crippen molar-refractivity contribution in [3.05, 3.63) is 94.8 Å². The maximum Gasteiger partial charge on any atom is 0.243 e. The third-order valence-electron chi connectivity index (χ3n) is 5.59. The van der Waals surface area contributed by atoms with Crippen molar-refractivity contribution in [1.82, 2.24) is 19.9 Å². The first kappa shape index (κ1) is 20.7. The summed E-state index contributed by atoms with van der Waals surface area (Å²) < 4.78 is 15.3. The molecule has 4 aromatic rings. The van der Waals surface area contributed by atoms with E-state index in [0.29, 0.717) is 13.0 Å². The lowest BCUT2D eigenvalue weighted by molar-refractivity contribution is -0.124.